The minimum absolute atomic E-state index is 0.0641. The van der Waals surface area contributed by atoms with E-state index >= 15 is 0 Å². The van der Waals surface area contributed by atoms with Crippen molar-refractivity contribution in [3.05, 3.63) is 44.4 Å². The molecule has 0 aromatic heterocycles. The van der Waals surface area contributed by atoms with Crippen molar-refractivity contribution in [1.82, 2.24) is 0 Å². The topological polar surface area (TPSA) is 43.1 Å². The molecule has 0 amide bonds. The smallest absolute Gasteiger partial charge is 0.213 e. The van der Waals surface area contributed by atoms with E-state index in [1.807, 2.05) is 24.3 Å². The molecule has 4 heteroatoms. The number of hydrogen-bond acceptors (Lipinski definition) is 2. The summed E-state index contributed by atoms with van der Waals surface area (Å²) in [5, 5.41) is 10.5. The SMILES string of the molecule is O=[N+]([O-])CC1(c2ccc(Br)cc2)CC1. The van der Waals surface area contributed by atoms with E-state index in [0.717, 1.165) is 22.9 Å². The van der Waals surface area contributed by atoms with E-state index in [4.69, 9.17) is 0 Å². The minimum atomic E-state index is -0.213. The zero-order valence-corrected chi connectivity index (χ0v) is 9.16. The second-order valence-electron chi connectivity index (χ2n) is 3.78. The molecule has 1 aliphatic carbocycles. The number of halogens is 1. The fourth-order valence-corrected chi connectivity index (χ4v) is 2.00. The van der Waals surface area contributed by atoms with Crippen LogP contribution in [-0.2, 0) is 5.41 Å². The van der Waals surface area contributed by atoms with Crippen molar-refractivity contribution in [1.29, 1.82) is 0 Å². The van der Waals surface area contributed by atoms with E-state index in [0.29, 0.717) is 0 Å². The van der Waals surface area contributed by atoms with Gasteiger partial charge in [0.1, 0.15) is 0 Å². The van der Waals surface area contributed by atoms with Gasteiger partial charge in [-0.2, -0.15) is 0 Å². The molecule has 0 bridgehead atoms. The molecule has 0 aliphatic heterocycles. The van der Waals surface area contributed by atoms with E-state index in [-0.39, 0.29) is 16.9 Å². The van der Waals surface area contributed by atoms with Crippen molar-refractivity contribution < 1.29 is 4.92 Å². The first kappa shape index (κ1) is 9.65. The molecule has 74 valence electrons. The highest BCUT2D eigenvalue weighted by Crippen LogP contribution is 2.48. The van der Waals surface area contributed by atoms with Gasteiger partial charge >= 0.3 is 0 Å². The van der Waals surface area contributed by atoms with Crippen LogP contribution in [0.25, 0.3) is 0 Å². The Labute approximate surface area is 90.4 Å². The van der Waals surface area contributed by atoms with Crippen molar-refractivity contribution in [2.24, 2.45) is 0 Å². The Morgan fingerprint density at radius 3 is 2.36 bits per heavy atom. The van der Waals surface area contributed by atoms with Crippen LogP contribution in [-0.4, -0.2) is 11.5 Å². The Balaban J connectivity index is 2.22. The van der Waals surface area contributed by atoms with Crippen molar-refractivity contribution in [3.8, 4) is 0 Å². The van der Waals surface area contributed by atoms with Crippen LogP contribution in [0.2, 0.25) is 0 Å². The first-order chi connectivity index (χ1) is 6.62. The monoisotopic (exact) mass is 255 g/mol. The summed E-state index contributed by atoms with van der Waals surface area (Å²) < 4.78 is 1.01. The van der Waals surface area contributed by atoms with Crippen molar-refractivity contribution in [3.63, 3.8) is 0 Å². The van der Waals surface area contributed by atoms with Crippen molar-refractivity contribution in [2.75, 3.05) is 6.54 Å². The van der Waals surface area contributed by atoms with Gasteiger partial charge < -0.3 is 0 Å². The van der Waals surface area contributed by atoms with Crippen LogP contribution in [0, 0.1) is 10.1 Å². The highest BCUT2D eigenvalue weighted by molar-refractivity contribution is 9.10. The molecule has 14 heavy (non-hydrogen) atoms. The third-order valence-corrected chi connectivity index (χ3v) is 3.27. The van der Waals surface area contributed by atoms with Crippen LogP contribution in [0.3, 0.4) is 0 Å². The fourth-order valence-electron chi connectivity index (χ4n) is 1.74. The maximum Gasteiger partial charge on any atom is 0.213 e. The van der Waals surface area contributed by atoms with Crippen LogP contribution >= 0.6 is 15.9 Å². The average Bonchev–Trinajstić information content (AvgIpc) is 2.85. The van der Waals surface area contributed by atoms with Crippen LogP contribution in [0.4, 0.5) is 0 Å². The first-order valence-corrected chi connectivity index (χ1v) is 5.30. The van der Waals surface area contributed by atoms with Gasteiger partial charge in [-0.25, -0.2) is 0 Å². The Kier molecular flexibility index (Phi) is 2.31. The van der Waals surface area contributed by atoms with E-state index in [9.17, 15) is 10.1 Å². The summed E-state index contributed by atoms with van der Waals surface area (Å²) in [6.45, 7) is 0.0641. The lowest BCUT2D eigenvalue weighted by Crippen LogP contribution is -2.19. The van der Waals surface area contributed by atoms with Gasteiger partial charge in [0.2, 0.25) is 6.54 Å². The molecule has 0 unspecified atom stereocenters. The molecule has 0 heterocycles. The second-order valence-corrected chi connectivity index (χ2v) is 4.69. The molecule has 3 nitrogen and oxygen atoms in total. The van der Waals surface area contributed by atoms with Crippen LogP contribution in [0.15, 0.2) is 28.7 Å². The predicted molar refractivity (Wildman–Crippen MR) is 56.9 cm³/mol. The molecule has 0 radical (unpaired) electrons. The molecule has 1 aromatic carbocycles. The quantitative estimate of drug-likeness (QED) is 0.616. The third-order valence-electron chi connectivity index (χ3n) is 2.74. The van der Waals surface area contributed by atoms with Crippen LogP contribution < -0.4 is 0 Å². The van der Waals surface area contributed by atoms with Gasteiger partial charge in [0.25, 0.3) is 0 Å². The lowest BCUT2D eigenvalue weighted by atomic mass is 9.96. The summed E-state index contributed by atoms with van der Waals surface area (Å²) >= 11 is 3.35. The standard InChI is InChI=1S/C10H10BrNO2/c11-9-3-1-8(2-4-9)10(5-6-10)7-12(13)14/h1-4H,5-7H2. The van der Waals surface area contributed by atoms with E-state index < -0.39 is 0 Å². The van der Waals surface area contributed by atoms with Gasteiger partial charge in [-0.15, -0.1) is 0 Å². The van der Waals surface area contributed by atoms with Gasteiger partial charge in [-0.3, -0.25) is 10.1 Å². The number of hydrogen-bond donors (Lipinski definition) is 0. The first-order valence-electron chi connectivity index (χ1n) is 4.50. The van der Waals surface area contributed by atoms with Gasteiger partial charge in [0.05, 0.1) is 5.41 Å². The number of nitrogens with zero attached hydrogens (tertiary/aromatic N) is 1. The lowest BCUT2D eigenvalue weighted by Gasteiger charge is -2.10. The molecular formula is C10H10BrNO2. The molecule has 0 atom stereocenters. The number of nitro groups is 1. The molecule has 1 saturated carbocycles. The van der Waals surface area contributed by atoms with Crippen molar-refractivity contribution in [2.45, 2.75) is 18.3 Å². The van der Waals surface area contributed by atoms with Gasteiger partial charge in [0.15, 0.2) is 0 Å². The normalized spacial score (nSPS) is 17.8. The maximum atomic E-state index is 10.5. The minimum Gasteiger partial charge on any atom is -0.265 e. The Hall–Kier alpha value is -0.900. The third kappa shape index (κ3) is 1.80. The largest absolute Gasteiger partial charge is 0.265 e. The number of rotatable bonds is 3. The number of benzene rings is 1. The highest BCUT2D eigenvalue weighted by Gasteiger charge is 2.48. The molecule has 1 aliphatic rings. The maximum absolute atomic E-state index is 10.5. The van der Waals surface area contributed by atoms with Crippen LogP contribution in [0.1, 0.15) is 18.4 Å². The predicted octanol–water partition coefficient (Wildman–Crippen LogP) is 2.76. The highest BCUT2D eigenvalue weighted by atomic mass is 79.9. The summed E-state index contributed by atoms with van der Waals surface area (Å²) in [5.74, 6) is 0. The zero-order chi connectivity index (χ0) is 10.2. The van der Waals surface area contributed by atoms with Crippen molar-refractivity contribution >= 4 is 15.9 Å². The Morgan fingerprint density at radius 1 is 1.36 bits per heavy atom. The van der Waals surface area contributed by atoms with E-state index in [1.165, 1.54) is 0 Å². The molecule has 0 spiro atoms. The molecular weight excluding hydrogens is 246 g/mol. The Morgan fingerprint density at radius 2 is 1.93 bits per heavy atom. The van der Waals surface area contributed by atoms with Crippen LogP contribution in [0.5, 0.6) is 0 Å². The lowest BCUT2D eigenvalue weighted by molar-refractivity contribution is -0.485. The molecule has 0 N–H and O–H groups in total. The van der Waals surface area contributed by atoms with E-state index in [1.54, 1.807) is 0 Å². The van der Waals surface area contributed by atoms with Gasteiger partial charge in [-0.1, -0.05) is 28.1 Å². The molecule has 1 fully saturated rings. The fraction of sp³-hybridized carbons (Fsp3) is 0.400. The molecule has 2 rings (SSSR count). The second kappa shape index (κ2) is 3.35. The zero-order valence-electron chi connectivity index (χ0n) is 7.57. The van der Waals surface area contributed by atoms with Gasteiger partial charge in [-0.05, 0) is 30.5 Å². The summed E-state index contributed by atoms with van der Waals surface area (Å²) in [6, 6.07) is 7.83. The molecule has 0 saturated heterocycles. The van der Waals surface area contributed by atoms with Gasteiger partial charge in [0, 0.05) is 9.40 Å². The Bertz CT molecular complexity index is 357. The van der Waals surface area contributed by atoms with E-state index in [2.05, 4.69) is 15.9 Å². The summed E-state index contributed by atoms with van der Waals surface area (Å²) in [4.78, 5) is 10.3. The summed E-state index contributed by atoms with van der Waals surface area (Å²) in [6.07, 6.45) is 1.88. The molecule has 1 aromatic rings. The summed E-state index contributed by atoms with van der Waals surface area (Å²) in [5.41, 5.74) is 0.932. The average molecular weight is 256 g/mol. The summed E-state index contributed by atoms with van der Waals surface area (Å²) in [7, 11) is 0.